The molecule has 2 aromatic rings. The van der Waals surface area contributed by atoms with Crippen molar-refractivity contribution in [2.45, 2.75) is 13.8 Å². The van der Waals surface area contributed by atoms with Crippen LogP contribution in [-0.4, -0.2) is 10.9 Å². The van der Waals surface area contributed by atoms with Gasteiger partial charge in [-0.05, 0) is 49.3 Å². The molecule has 0 spiro atoms. The lowest BCUT2D eigenvalue weighted by molar-refractivity contribution is -0.402. The van der Waals surface area contributed by atoms with Crippen molar-refractivity contribution in [1.29, 1.82) is 0 Å². The predicted molar refractivity (Wildman–Crippen MR) is 83.3 cm³/mol. The number of nitro groups is 1. The standard InChI is InChI=1S/C17H13NO5/c1-10-3-4-12(7-11(10)2)15-9-13(17(19)23-15)8-14-5-6-16(22-14)18(20)21/h3-9H,1-2H3/b13-8+. The van der Waals surface area contributed by atoms with Gasteiger partial charge in [0.2, 0.25) is 0 Å². The molecule has 1 aromatic heterocycles. The van der Waals surface area contributed by atoms with E-state index >= 15 is 0 Å². The Morgan fingerprint density at radius 2 is 1.91 bits per heavy atom. The number of hydrogen-bond donors (Lipinski definition) is 0. The van der Waals surface area contributed by atoms with Crippen molar-refractivity contribution in [3.8, 4) is 0 Å². The Balaban J connectivity index is 1.92. The largest absolute Gasteiger partial charge is 0.433 e. The molecule has 6 heteroatoms. The lowest BCUT2D eigenvalue weighted by Crippen LogP contribution is -1.97. The fourth-order valence-electron chi connectivity index (χ4n) is 2.20. The molecule has 0 bridgehead atoms. The van der Waals surface area contributed by atoms with Gasteiger partial charge in [0.15, 0.2) is 0 Å². The zero-order valence-corrected chi connectivity index (χ0v) is 12.5. The number of cyclic esters (lactones) is 1. The number of carbonyl (C=O) groups is 1. The molecule has 0 unspecified atom stereocenters. The van der Waals surface area contributed by atoms with Gasteiger partial charge >= 0.3 is 11.9 Å². The van der Waals surface area contributed by atoms with E-state index in [0.717, 1.165) is 16.7 Å². The fraction of sp³-hybridized carbons (Fsp3) is 0.118. The summed E-state index contributed by atoms with van der Waals surface area (Å²) in [5, 5.41) is 10.6. The van der Waals surface area contributed by atoms with Gasteiger partial charge in [0.25, 0.3) is 0 Å². The van der Waals surface area contributed by atoms with Crippen LogP contribution in [0.4, 0.5) is 5.88 Å². The zero-order valence-electron chi connectivity index (χ0n) is 12.5. The highest BCUT2D eigenvalue weighted by atomic mass is 16.6. The molecule has 0 atom stereocenters. The van der Waals surface area contributed by atoms with Crippen LogP contribution in [0.2, 0.25) is 0 Å². The Hall–Kier alpha value is -3.15. The smallest absolute Gasteiger partial charge is 0.422 e. The van der Waals surface area contributed by atoms with E-state index in [1.165, 1.54) is 18.2 Å². The number of furan rings is 1. The maximum absolute atomic E-state index is 11.9. The van der Waals surface area contributed by atoms with Crippen LogP contribution in [0.1, 0.15) is 22.5 Å². The van der Waals surface area contributed by atoms with Crippen molar-refractivity contribution in [3.05, 3.63) is 74.5 Å². The average molecular weight is 311 g/mol. The summed E-state index contributed by atoms with van der Waals surface area (Å²) in [4.78, 5) is 21.9. The van der Waals surface area contributed by atoms with Gasteiger partial charge in [0.05, 0.1) is 11.6 Å². The van der Waals surface area contributed by atoms with Crippen molar-refractivity contribution in [1.82, 2.24) is 0 Å². The Kier molecular flexibility index (Phi) is 3.57. The second-order valence-corrected chi connectivity index (χ2v) is 5.23. The Morgan fingerprint density at radius 1 is 1.13 bits per heavy atom. The lowest BCUT2D eigenvalue weighted by atomic mass is 10.0. The second kappa shape index (κ2) is 5.57. The third-order valence-electron chi connectivity index (χ3n) is 3.61. The molecule has 1 aliphatic heterocycles. The normalized spacial score (nSPS) is 15.7. The first-order valence-corrected chi connectivity index (χ1v) is 6.91. The highest BCUT2D eigenvalue weighted by molar-refractivity contribution is 6.04. The van der Waals surface area contributed by atoms with Gasteiger partial charge in [-0.2, -0.15) is 0 Å². The van der Waals surface area contributed by atoms with Crippen LogP contribution in [-0.2, 0) is 9.53 Å². The molecule has 0 N–H and O–H groups in total. The Labute approximate surface area is 131 Å². The van der Waals surface area contributed by atoms with Crippen LogP contribution in [0.3, 0.4) is 0 Å². The van der Waals surface area contributed by atoms with Gasteiger partial charge in [-0.15, -0.1) is 0 Å². The number of hydrogen-bond acceptors (Lipinski definition) is 5. The summed E-state index contributed by atoms with van der Waals surface area (Å²) in [5.74, 6) is -0.217. The van der Waals surface area contributed by atoms with E-state index in [0.29, 0.717) is 5.76 Å². The van der Waals surface area contributed by atoms with Gasteiger partial charge in [-0.1, -0.05) is 12.1 Å². The van der Waals surface area contributed by atoms with Gasteiger partial charge < -0.3 is 9.15 Å². The van der Waals surface area contributed by atoms with Crippen molar-refractivity contribution in [3.63, 3.8) is 0 Å². The molecule has 0 saturated heterocycles. The molecular formula is C17H13NO5. The van der Waals surface area contributed by atoms with Crippen molar-refractivity contribution >= 4 is 23.7 Å². The average Bonchev–Trinajstić information content (AvgIpc) is 3.10. The van der Waals surface area contributed by atoms with Crippen LogP contribution in [0.25, 0.3) is 11.8 Å². The van der Waals surface area contributed by atoms with E-state index in [1.54, 1.807) is 6.08 Å². The zero-order chi connectivity index (χ0) is 16.6. The Bertz CT molecular complexity index is 873. The van der Waals surface area contributed by atoms with Crippen molar-refractivity contribution < 1.29 is 18.9 Å². The van der Waals surface area contributed by atoms with Crippen LogP contribution >= 0.6 is 0 Å². The molecule has 0 saturated carbocycles. The van der Waals surface area contributed by atoms with E-state index in [-0.39, 0.29) is 17.2 Å². The molecule has 6 nitrogen and oxygen atoms in total. The number of rotatable bonds is 3. The number of benzene rings is 1. The van der Waals surface area contributed by atoms with Gasteiger partial charge in [-0.3, -0.25) is 10.1 Å². The minimum atomic E-state index is -0.634. The first-order chi connectivity index (χ1) is 10.9. The number of carbonyl (C=O) groups excluding carboxylic acids is 1. The molecule has 1 aromatic carbocycles. The van der Waals surface area contributed by atoms with E-state index in [1.807, 2.05) is 32.0 Å². The third-order valence-corrected chi connectivity index (χ3v) is 3.61. The summed E-state index contributed by atoms with van der Waals surface area (Å²) in [6.45, 7) is 3.98. The van der Waals surface area contributed by atoms with Crippen molar-refractivity contribution in [2.24, 2.45) is 0 Å². The highest BCUT2D eigenvalue weighted by Gasteiger charge is 2.23. The minimum absolute atomic E-state index is 0.223. The number of esters is 1. The summed E-state index contributed by atoms with van der Waals surface area (Å²) in [6.07, 6.45) is 3.02. The van der Waals surface area contributed by atoms with Gasteiger partial charge in [0.1, 0.15) is 16.4 Å². The van der Waals surface area contributed by atoms with Crippen LogP contribution in [0.5, 0.6) is 0 Å². The summed E-state index contributed by atoms with van der Waals surface area (Å²) in [7, 11) is 0. The Morgan fingerprint density at radius 3 is 2.57 bits per heavy atom. The summed E-state index contributed by atoms with van der Waals surface area (Å²) in [5.41, 5.74) is 3.33. The first kappa shape index (κ1) is 14.8. The summed E-state index contributed by atoms with van der Waals surface area (Å²) < 4.78 is 10.3. The summed E-state index contributed by atoms with van der Waals surface area (Å²) >= 11 is 0. The molecule has 0 radical (unpaired) electrons. The number of nitrogens with zero attached hydrogens (tertiary/aromatic N) is 1. The first-order valence-electron chi connectivity index (χ1n) is 6.91. The molecule has 0 amide bonds. The topological polar surface area (TPSA) is 82.6 Å². The molecule has 1 aliphatic rings. The molecular weight excluding hydrogens is 298 g/mol. The molecule has 3 rings (SSSR count). The molecule has 116 valence electrons. The van der Waals surface area contributed by atoms with Crippen LogP contribution < -0.4 is 0 Å². The monoisotopic (exact) mass is 311 g/mol. The number of ether oxygens (including phenoxy) is 1. The van der Waals surface area contributed by atoms with E-state index in [4.69, 9.17) is 9.15 Å². The van der Waals surface area contributed by atoms with E-state index in [9.17, 15) is 14.9 Å². The third kappa shape index (κ3) is 2.91. The van der Waals surface area contributed by atoms with E-state index in [2.05, 4.69) is 0 Å². The molecule has 2 heterocycles. The highest BCUT2D eigenvalue weighted by Crippen LogP contribution is 2.29. The maximum atomic E-state index is 11.9. The fourth-order valence-corrected chi connectivity index (χ4v) is 2.20. The van der Waals surface area contributed by atoms with Crippen LogP contribution in [0, 0.1) is 24.0 Å². The van der Waals surface area contributed by atoms with Crippen LogP contribution in [0.15, 0.2) is 46.4 Å². The summed E-state index contributed by atoms with van der Waals surface area (Å²) in [6, 6.07) is 8.44. The predicted octanol–water partition coefficient (Wildman–Crippen LogP) is 3.79. The number of aryl methyl sites for hydroxylation is 2. The lowest BCUT2D eigenvalue weighted by Gasteiger charge is -2.05. The molecule has 0 fully saturated rings. The second-order valence-electron chi connectivity index (χ2n) is 5.23. The van der Waals surface area contributed by atoms with E-state index < -0.39 is 10.9 Å². The van der Waals surface area contributed by atoms with Gasteiger partial charge in [0, 0.05) is 5.56 Å². The minimum Gasteiger partial charge on any atom is -0.422 e. The van der Waals surface area contributed by atoms with Gasteiger partial charge in [-0.25, -0.2) is 4.79 Å². The molecule has 0 aliphatic carbocycles. The van der Waals surface area contributed by atoms with Crippen molar-refractivity contribution in [2.75, 3.05) is 0 Å². The quantitative estimate of drug-likeness (QED) is 0.373. The molecule has 23 heavy (non-hydrogen) atoms. The maximum Gasteiger partial charge on any atom is 0.433 e. The SMILES string of the molecule is Cc1ccc(C2=C/C(=C\c3ccc([N+](=O)[O-])o3)C(=O)O2)cc1C.